The maximum Gasteiger partial charge on any atom is 0.463 e. The number of aromatic amines is 2. The van der Waals surface area contributed by atoms with Gasteiger partial charge in [-0.2, -0.15) is 9.97 Å². The van der Waals surface area contributed by atoms with Gasteiger partial charge in [0.2, 0.25) is 0 Å². The summed E-state index contributed by atoms with van der Waals surface area (Å²) in [6.07, 6.45) is 0. The van der Waals surface area contributed by atoms with Crippen LogP contribution in [0.1, 0.15) is 0 Å². The minimum Gasteiger partial charge on any atom is -0.412 e. The molecule has 2 rings (SSSR count). The molecule has 2 aromatic heterocycles. The van der Waals surface area contributed by atoms with Gasteiger partial charge >= 0.3 is 34.9 Å². The monoisotopic (exact) mass is 350 g/mol. The Labute approximate surface area is 127 Å². The van der Waals surface area contributed by atoms with Gasteiger partial charge in [-0.05, 0) is 19.7 Å². The van der Waals surface area contributed by atoms with Crippen LogP contribution >= 0.6 is 0 Å². The Morgan fingerprint density at radius 3 is 1.08 bits per heavy atom. The van der Waals surface area contributed by atoms with Crippen molar-refractivity contribution in [2.45, 2.75) is 0 Å². The first-order chi connectivity index (χ1) is 10.2. The lowest BCUT2D eigenvalue weighted by Gasteiger charge is -1.88. The predicted molar refractivity (Wildman–Crippen MR) is 70.0 cm³/mol. The van der Waals surface area contributed by atoms with E-state index in [4.69, 9.17) is 0 Å². The number of aromatic nitrogens is 4. The normalized spacial score (nSPS) is 9.50. The van der Waals surface area contributed by atoms with Gasteiger partial charge < -0.3 is 51.4 Å². The third kappa shape index (κ3) is 3.23. The Kier molecular flexibility index (Phi) is 5.65. The number of imidazole rings is 2. The highest BCUT2D eigenvalue weighted by Gasteiger charge is 2.41. The summed E-state index contributed by atoms with van der Waals surface area (Å²) in [5.74, 6) is -5.78. The smallest absolute Gasteiger partial charge is 0.412 e. The fraction of sp³-hybridized carbons (Fsp3) is 0. The lowest BCUT2D eigenvalue weighted by Crippen LogP contribution is -1.94. The lowest BCUT2D eigenvalue weighted by molar-refractivity contribution is -0.427. The SMILES string of the molecule is O.O.O=[N+]([O-])c1nc(-c2nc([N+](=O)[O-])c([N+](=O)[O-])[nH]2)[nH]c1[N+](=O)[O-]. The molecule has 18 nitrogen and oxygen atoms in total. The average molecular weight is 350 g/mol. The van der Waals surface area contributed by atoms with Gasteiger partial charge in [0.05, 0.1) is 0 Å². The molecule has 0 saturated heterocycles. The minimum atomic E-state index is -1.17. The number of hydrogen-bond donors (Lipinski definition) is 2. The number of rotatable bonds is 5. The summed E-state index contributed by atoms with van der Waals surface area (Å²) in [6, 6.07) is 0. The summed E-state index contributed by atoms with van der Waals surface area (Å²) in [4.78, 5) is 48.2. The molecule has 0 radical (unpaired) electrons. The first-order valence-corrected chi connectivity index (χ1v) is 5.00. The van der Waals surface area contributed by atoms with Crippen LogP contribution in [0.3, 0.4) is 0 Å². The summed E-state index contributed by atoms with van der Waals surface area (Å²) >= 11 is 0. The highest BCUT2D eigenvalue weighted by Crippen LogP contribution is 2.31. The molecule has 0 amide bonds. The van der Waals surface area contributed by atoms with Crippen molar-refractivity contribution in [3.63, 3.8) is 0 Å². The van der Waals surface area contributed by atoms with Crippen molar-refractivity contribution in [3.05, 3.63) is 40.5 Å². The molecule has 0 saturated carbocycles. The third-order valence-corrected chi connectivity index (χ3v) is 2.27. The van der Waals surface area contributed by atoms with Crippen LogP contribution in [0.2, 0.25) is 0 Å². The molecule has 0 unspecified atom stereocenters. The van der Waals surface area contributed by atoms with Gasteiger partial charge in [-0.3, -0.25) is 0 Å². The summed E-state index contributed by atoms with van der Waals surface area (Å²) < 4.78 is 0. The van der Waals surface area contributed by atoms with Crippen molar-refractivity contribution >= 4 is 23.3 Å². The van der Waals surface area contributed by atoms with E-state index in [0.717, 1.165) is 0 Å². The molecule has 0 aliphatic heterocycles. The summed E-state index contributed by atoms with van der Waals surface area (Å²) in [7, 11) is 0. The Morgan fingerprint density at radius 2 is 0.917 bits per heavy atom. The van der Waals surface area contributed by atoms with E-state index in [9.17, 15) is 40.5 Å². The molecular weight excluding hydrogens is 344 g/mol. The maximum absolute atomic E-state index is 10.6. The molecule has 0 atom stereocenters. The van der Waals surface area contributed by atoms with E-state index in [2.05, 4.69) is 9.97 Å². The molecule has 24 heavy (non-hydrogen) atoms. The second-order valence-electron chi connectivity index (χ2n) is 3.54. The number of nitrogens with one attached hydrogen (secondary N) is 2. The van der Waals surface area contributed by atoms with Gasteiger partial charge in [-0.25, -0.2) is 0 Å². The van der Waals surface area contributed by atoms with Crippen LogP contribution in [0.15, 0.2) is 0 Å². The third-order valence-electron chi connectivity index (χ3n) is 2.27. The molecular formula is C6H6N8O10. The standard InChI is InChI=1S/C6H2N8O8.2H2O/c15-11(16)3-4(12(17)18)8-1(7-3)2-9-5(13(19)20)6(10-2)14(21)22;;/h(H,7,8)(H,9,10);2*1H2. The highest BCUT2D eigenvalue weighted by molar-refractivity contribution is 5.59. The van der Waals surface area contributed by atoms with E-state index in [1.807, 2.05) is 9.97 Å². The second kappa shape index (κ2) is 6.80. The molecule has 0 aliphatic carbocycles. The Balaban J connectivity index is 0.00000264. The number of nitro groups is 4. The molecule has 2 aromatic rings. The minimum absolute atomic E-state index is 0. The maximum atomic E-state index is 10.6. The van der Waals surface area contributed by atoms with Crippen LogP contribution < -0.4 is 0 Å². The number of hydrogen-bond acceptors (Lipinski definition) is 10. The number of nitrogens with zero attached hydrogens (tertiary/aromatic N) is 6. The van der Waals surface area contributed by atoms with Gasteiger partial charge in [-0.15, -0.1) is 0 Å². The molecule has 18 heteroatoms. The summed E-state index contributed by atoms with van der Waals surface area (Å²) in [5.41, 5.74) is 0. The van der Waals surface area contributed by atoms with Crippen molar-refractivity contribution in [3.8, 4) is 11.6 Å². The zero-order valence-corrected chi connectivity index (χ0v) is 10.9. The molecule has 6 N–H and O–H groups in total. The van der Waals surface area contributed by atoms with Crippen LogP contribution in [0.5, 0.6) is 0 Å². The largest absolute Gasteiger partial charge is 0.463 e. The Bertz CT molecular complexity index is 690. The quantitative estimate of drug-likeness (QED) is 0.478. The molecule has 2 heterocycles. The van der Waals surface area contributed by atoms with Crippen LogP contribution in [-0.4, -0.2) is 50.6 Å². The lowest BCUT2D eigenvalue weighted by atomic mass is 10.6. The van der Waals surface area contributed by atoms with Gasteiger partial charge in [0.25, 0.3) is 0 Å². The second-order valence-corrected chi connectivity index (χ2v) is 3.54. The zero-order valence-electron chi connectivity index (χ0n) is 10.9. The van der Waals surface area contributed by atoms with Crippen LogP contribution in [-0.2, 0) is 0 Å². The van der Waals surface area contributed by atoms with Crippen molar-refractivity contribution in [2.75, 3.05) is 0 Å². The van der Waals surface area contributed by atoms with Gasteiger partial charge in [0.15, 0.2) is 0 Å². The summed E-state index contributed by atoms with van der Waals surface area (Å²) in [6.45, 7) is 0. The van der Waals surface area contributed by atoms with E-state index < -0.39 is 54.6 Å². The van der Waals surface area contributed by atoms with Gasteiger partial charge in [0.1, 0.15) is 0 Å². The van der Waals surface area contributed by atoms with Gasteiger partial charge in [-0.1, -0.05) is 0 Å². The van der Waals surface area contributed by atoms with Crippen molar-refractivity contribution in [1.29, 1.82) is 0 Å². The average Bonchev–Trinajstić information content (AvgIpc) is 3.02. The van der Waals surface area contributed by atoms with Crippen LogP contribution in [0, 0.1) is 40.5 Å². The van der Waals surface area contributed by atoms with E-state index >= 15 is 0 Å². The molecule has 130 valence electrons. The first-order valence-electron chi connectivity index (χ1n) is 5.00. The zero-order chi connectivity index (χ0) is 16.6. The first kappa shape index (κ1) is 19.9. The van der Waals surface area contributed by atoms with Gasteiger partial charge in [0, 0.05) is 9.97 Å². The molecule has 0 spiro atoms. The summed E-state index contributed by atoms with van der Waals surface area (Å²) in [5, 5.41) is 42.5. The molecule has 0 aliphatic rings. The van der Waals surface area contributed by atoms with E-state index in [1.165, 1.54) is 0 Å². The predicted octanol–water partition coefficient (Wildman–Crippen LogP) is -1.22. The fourth-order valence-corrected chi connectivity index (χ4v) is 1.44. The fourth-order valence-electron chi connectivity index (χ4n) is 1.44. The molecule has 0 fully saturated rings. The molecule has 0 bridgehead atoms. The van der Waals surface area contributed by atoms with Crippen LogP contribution in [0.25, 0.3) is 11.6 Å². The van der Waals surface area contributed by atoms with Crippen molar-refractivity contribution < 1.29 is 30.6 Å². The topological polar surface area (TPSA) is 293 Å². The highest BCUT2D eigenvalue weighted by atomic mass is 16.6. The van der Waals surface area contributed by atoms with Crippen molar-refractivity contribution in [2.24, 2.45) is 0 Å². The van der Waals surface area contributed by atoms with Crippen LogP contribution in [0.4, 0.5) is 23.3 Å². The molecule has 0 aromatic carbocycles. The Morgan fingerprint density at radius 1 is 0.625 bits per heavy atom. The number of H-pyrrole nitrogens is 2. The van der Waals surface area contributed by atoms with Crippen molar-refractivity contribution in [1.82, 2.24) is 19.9 Å². The Hall–Kier alpha value is -4.06. The van der Waals surface area contributed by atoms with E-state index in [0.29, 0.717) is 0 Å². The van der Waals surface area contributed by atoms with E-state index in [1.54, 1.807) is 0 Å². The van der Waals surface area contributed by atoms with E-state index in [-0.39, 0.29) is 11.0 Å².